The molecule has 2 N–H and O–H groups in total. The van der Waals surface area contributed by atoms with Crippen molar-refractivity contribution >= 4 is 11.8 Å². The van der Waals surface area contributed by atoms with Gasteiger partial charge in [0.1, 0.15) is 5.82 Å². The van der Waals surface area contributed by atoms with E-state index in [0.717, 1.165) is 0 Å². The maximum atomic E-state index is 11.3. The van der Waals surface area contributed by atoms with Gasteiger partial charge in [0, 0.05) is 0 Å². The van der Waals surface area contributed by atoms with E-state index in [2.05, 4.69) is 9.97 Å². The van der Waals surface area contributed by atoms with E-state index >= 15 is 0 Å². The molecule has 1 rings (SSSR count). The lowest BCUT2D eigenvalue weighted by molar-refractivity contribution is 0.441. The zero-order chi connectivity index (χ0) is 9.84. The van der Waals surface area contributed by atoms with E-state index in [1.54, 1.807) is 18.7 Å². The molecule has 13 heavy (non-hydrogen) atoms. The molecule has 0 unspecified atom stereocenters. The molecule has 5 heteroatoms. The number of aromatic amines is 1. The maximum Gasteiger partial charge on any atom is 0.257 e. The van der Waals surface area contributed by atoms with Crippen molar-refractivity contribution in [3.8, 4) is 5.88 Å². The van der Waals surface area contributed by atoms with Gasteiger partial charge in [-0.25, -0.2) is 0 Å². The number of thioether (sulfide) groups is 1. The minimum absolute atomic E-state index is 0.143. The lowest BCUT2D eigenvalue weighted by atomic mass is 10.2. The highest BCUT2D eigenvalue weighted by molar-refractivity contribution is 7.97. The van der Waals surface area contributed by atoms with E-state index in [1.165, 1.54) is 0 Å². The first-order valence-corrected chi connectivity index (χ1v) is 5.38. The highest BCUT2D eigenvalue weighted by Crippen LogP contribution is 2.10. The molecular weight excluding hydrogens is 188 g/mol. The van der Waals surface area contributed by atoms with Gasteiger partial charge in [0.05, 0.1) is 11.3 Å². The first-order chi connectivity index (χ1) is 6.19. The minimum atomic E-state index is -0.237. The smallest absolute Gasteiger partial charge is 0.257 e. The Kier molecular flexibility index (Phi) is 3.36. The second-order valence-electron chi connectivity index (χ2n) is 2.60. The van der Waals surface area contributed by atoms with E-state index in [9.17, 15) is 9.90 Å². The van der Waals surface area contributed by atoms with Crippen LogP contribution in [0.4, 0.5) is 0 Å². The van der Waals surface area contributed by atoms with Crippen LogP contribution in [0.2, 0.25) is 0 Å². The maximum absolute atomic E-state index is 11.3. The van der Waals surface area contributed by atoms with Crippen LogP contribution in [0.1, 0.15) is 18.3 Å². The fourth-order valence-electron chi connectivity index (χ4n) is 1.06. The zero-order valence-corrected chi connectivity index (χ0v) is 8.44. The molecule has 0 saturated heterocycles. The Balaban J connectivity index is 3.13. The highest BCUT2D eigenvalue weighted by Gasteiger charge is 2.07. The van der Waals surface area contributed by atoms with Crippen LogP contribution in [0, 0.1) is 0 Å². The van der Waals surface area contributed by atoms with Gasteiger partial charge < -0.3 is 10.1 Å². The average Bonchev–Trinajstić information content (AvgIpc) is 2.04. The Labute approximate surface area is 80.4 Å². The van der Waals surface area contributed by atoms with Crippen LogP contribution in [-0.4, -0.2) is 21.3 Å². The Hall–Kier alpha value is -0.970. The number of H-pyrrole nitrogens is 1. The lowest BCUT2D eigenvalue weighted by Crippen LogP contribution is -2.15. The Bertz CT molecular complexity index is 348. The van der Waals surface area contributed by atoms with E-state index in [-0.39, 0.29) is 11.4 Å². The molecule has 0 spiro atoms. The van der Waals surface area contributed by atoms with Crippen molar-refractivity contribution < 1.29 is 5.11 Å². The fourth-order valence-corrected chi connectivity index (χ4v) is 1.47. The van der Waals surface area contributed by atoms with Gasteiger partial charge in [-0.2, -0.15) is 16.7 Å². The molecule has 0 atom stereocenters. The summed E-state index contributed by atoms with van der Waals surface area (Å²) < 4.78 is 0. The standard InChI is InChI=1S/C8H12N2O2S/c1-3-5-7(11)9-6(4-13-2)10-8(5)12/h3-4H2,1-2H3,(H2,9,10,11,12). The number of hydrogen-bond donors (Lipinski definition) is 2. The van der Waals surface area contributed by atoms with E-state index in [1.807, 2.05) is 6.26 Å². The van der Waals surface area contributed by atoms with Crippen LogP contribution in [0.25, 0.3) is 0 Å². The number of nitrogens with zero attached hydrogens (tertiary/aromatic N) is 1. The van der Waals surface area contributed by atoms with Crippen LogP contribution in [0.5, 0.6) is 5.88 Å². The molecule has 0 aliphatic rings. The van der Waals surface area contributed by atoms with Gasteiger partial charge >= 0.3 is 0 Å². The molecule has 0 radical (unpaired) electrons. The molecule has 0 aromatic carbocycles. The summed E-state index contributed by atoms with van der Waals surface area (Å²) in [6.07, 6.45) is 2.40. The summed E-state index contributed by atoms with van der Waals surface area (Å²) in [5.74, 6) is 0.981. The highest BCUT2D eigenvalue weighted by atomic mass is 32.2. The summed E-state index contributed by atoms with van der Waals surface area (Å²) in [7, 11) is 0. The number of nitrogens with one attached hydrogen (secondary N) is 1. The summed E-state index contributed by atoms with van der Waals surface area (Å²) in [5, 5.41) is 9.36. The van der Waals surface area contributed by atoms with Crippen molar-refractivity contribution in [2.45, 2.75) is 19.1 Å². The van der Waals surface area contributed by atoms with Gasteiger partial charge in [0.25, 0.3) is 5.56 Å². The molecule has 1 aromatic rings. The van der Waals surface area contributed by atoms with E-state index in [0.29, 0.717) is 23.6 Å². The van der Waals surface area contributed by atoms with Gasteiger partial charge in [0.2, 0.25) is 5.88 Å². The van der Waals surface area contributed by atoms with Gasteiger partial charge in [-0.05, 0) is 12.7 Å². The summed E-state index contributed by atoms with van der Waals surface area (Å²) >= 11 is 1.54. The molecule has 0 aliphatic heterocycles. The van der Waals surface area contributed by atoms with Crippen LogP contribution < -0.4 is 5.56 Å². The number of aromatic hydroxyl groups is 1. The summed E-state index contributed by atoms with van der Waals surface area (Å²) in [5.41, 5.74) is 0.115. The largest absolute Gasteiger partial charge is 0.493 e. The topological polar surface area (TPSA) is 66.0 Å². The van der Waals surface area contributed by atoms with Crippen molar-refractivity contribution in [2.24, 2.45) is 0 Å². The molecular formula is C8H12N2O2S. The number of aromatic nitrogens is 2. The second kappa shape index (κ2) is 4.32. The van der Waals surface area contributed by atoms with E-state index in [4.69, 9.17) is 0 Å². The van der Waals surface area contributed by atoms with Crippen LogP contribution in [-0.2, 0) is 12.2 Å². The SMILES string of the molecule is CCc1c(O)nc(CSC)[nH]c1=O. The molecule has 0 saturated carbocycles. The minimum Gasteiger partial charge on any atom is -0.493 e. The molecule has 1 aromatic heterocycles. The third kappa shape index (κ3) is 2.24. The first-order valence-electron chi connectivity index (χ1n) is 3.99. The predicted octanol–water partition coefficient (Wildman–Crippen LogP) is 0.901. The normalized spacial score (nSPS) is 10.3. The van der Waals surface area contributed by atoms with Crippen molar-refractivity contribution in [3.63, 3.8) is 0 Å². The van der Waals surface area contributed by atoms with Crippen LogP contribution in [0.15, 0.2) is 4.79 Å². The second-order valence-corrected chi connectivity index (χ2v) is 3.47. The zero-order valence-electron chi connectivity index (χ0n) is 7.63. The van der Waals surface area contributed by atoms with Crippen molar-refractivity contribution in [3.05, 3.63) is 21.7 Å². The van der Waals surface area contributed by atoms with Crippen LogP contribution in [0.3, 0.4) is 0 Å². The molecule has 1 heterocycles. The van der Waals surface area contributed by atoms with Crippen molar-refractivity contribution in [1.82, 2.24) is 9.97 Å². The summed E-state index contributed by atoms with van der Waals surface area (Å²) in [4.78, 5) is 17.8. The van der Waals surface area contributed by atoms with Gasteiger partial charge in [-0.3, -0.25) is 4.79 Å². The Morgan fingerprint density at radius 2 is 2.31 bits per heavy atom. The number of hydrogen-bond acceptors (Lipinski definition) is 4. The van der Waals surface area contributed by atoms with Crippen molar-refractivity contribution in [1.29, 1.82) is 0 Å². The van der Waals surface area contributed by atoms with E-state index < -0.39 is 0 Å². The molecule has 0 amide bonds. The first kappa shape index (κ1) is 10.1. The predicted molar refractivity (Wildman–Crippen MR) is 53.1 cm³/mol. The lowest BCUT2D eigenvalue weighted by Gasteiger charge is -2.02. The van der Waals surface area contributed by atoms with Gasteiger partial charge in [0.15, 0.2) is 0 Å². The third-order valence-electron chi connectivity index (χ3n) is 1.68. The summed E-state index contributed by atoms with van der Waals surface area (Å²) in [6, 6.07) is 0. The van der Waals surface area contributed by atoms with Gasteiger partial charge in [-0.1, -0.05) is 6.92 Å². The molecule has 0 bridgehead atoms. The van der Waals surface area contributed by atoms with Gasteiger partial charge in [-0.15, -0.1) is 0 Å². The average molecular weight is 200 g/mol. The number of rotatable bonds is 3. The molecule has 0 aliphatic carbocycles. The Morgan fingerprint density at radius 1 is 1.62 bits per heavy atom. The van der Waals surface area contributed by atoms with Crippen LogP contribution >= 0.6 is 11.8 Å². The molecule has 0 fully saturated rings. The third-order valence-corrected chi connectivity index (χ3v) is 2.24. The Morgan fingerprint density at radius 3 is 2.77 bits per heavy atom. The van der Waals surface area contributed by atoms with Crippen molar-refractivity contribution in [2.75, 3.05) is 6.26 Å². The fraction of sp³-hybridized carbons (Fsp3) is 0.500. The molecule has 72 valence electrons. The molecule has 4 nitrogen and oxygen atoms in total. The monoisotopic (exact) mass is 200 g/mol. The summed E-state index contributed by atoms with van der Waals surface area (Å²) in [6.45, 7) is 1.81. The quantitative estimate of drug-likeness (QED) is 0.760.